The average Bonchev–Trinajstić information content (AvgIpc) is 3.26. The molecule has 3 heterocycles. The topological polar surface area (TPSA) is 96.0 Å². The molecule has 3 aromatic heterocycles. The number of rotatable bonds is 3. The highest BCUT2D eigenvalue weighted by molar-refractivity contribution is 7.16. The molecule has 1 unspecified atom stereocenters. The summed E-state index contributed by atoms with van der Waals surface area (Å²) in [5.74, 6) is -0.510. The van der Waals surface area contributed by atoms with Gasteiger partial charge in [-0.3, -0.25) is 4.79 Å². The molecule has 31 heavy (non-hydrogen) atoms. The Labute approximate surface area is 182 Å². The van der Waals surface area contributed by atoms with Crippen LogP contribution in [0.5, 0.6) is 0 Å². The molecule has 0 aromatic carbocycles. The van der Waals surface area contributed by atoms with Crippen LogP contribution in [-0.2, 0) is 12.8 Å². The van der Waals surface area contributed by atoms with Crippen molar-refractivity contribution in [2.75, 3.05) is 5.32 Å². The third-order valence-electron chi connectivity index (χ3n) is 5.72. The summed E-state index contributed by atoms with van der Waals surface area (Å²) >= 11 is 1.39. The van der Waals surface area contributed by atoms with E-state index in [-0.39, 0.29) is 22.7 Å². The van der Waals surface area contributed by atoms with Crippen molar-refractivity contribution < 1.29 is 13.6 Å². The van der Waals surface area contributed by atoms with Crippen LogP contribution in [0.3, 0.4) is 0 Å². The molecule has 0 saturated heterocycles. The van der Waals surface area contributed by atoms with E-state index < -0.39 is 12.3 Å². The van der Waals surface area contributed by atoms with E-state index in [2.05, 4.69) is 47.2 Å². The first kappa shape index (κ1) is 21.3. The first-order valence-corrected chi connectivity index (χ1v) is 10.8. The van der Waals surface area contributed by atoms with Gasteiger partial charge in [0, 0.05) is 10.6 Å². The predicted molar refractivity (Wildman–Crippen MR) is 112 cm³/mol. The normalized spacial score (nSPS) is 16.4. The standard InChI is InChI=1S/C21H22F2N6OS/c1-10-7-14(16(22)23)29-20(25-10)26-17(28-29)18(30)27-19-13(9-24)12-6-5-11(21(2,3)4)8-15(12)31-19/h7,11,16H,5-6,8H2,1-4H3,(H,27,30). The van der Waals surface area contributed by atoms with Crippen molar-refractivity contribution in [2.45, 2.75) is 53.4 Å². The molecule has 0 spiro atoms. The van der Waals surface area contributed by atoms with Crippen LogP contribution >= 0.6 is 11.3 Å². The molecule has 7 nitrogen and oxygen atoms in total. The fraction of sp³-hybridized carbons (Fsp3) is 0.476. The smallest absolute Gasteiger partial charge is 0.296 e. The summed E-state index contributed by atoms with van der Waals surface area (Å²) in [5.41, 5.74) is 1.58. The van der Waals surface area contributed by atoms with Crippen LogP contribution in [0.2, 0.25) is 0 Å². The molecular formula is C21H22F2N6OS. The van der Waals surface area contributed by atoms with Gasteiger partial charge in [0.1, 0.15) is 16.8 Å². The lowest BCUT2D eigenvalue weighted by Crippen LogP contribution is -2.26. The Bertz CT molecular complexity index is 1220. The van der Waals surface area contributed by atoms with Crippen LogP contribution in [0.15, 0.2) is 6.07 Å². The Morgan fingerprint density at radius 1 is 1.39 bits per heavy atom. The Morgan fingerprint density at radius 2 is 2.13 bits per heavy atom. The van der Waals surface area contributed by atoms with Gasteiger partial charge in [0.25, 0.3) is 18.1 Å². The molecule has 1 amide bonds. The second-order valence-electron chi connectivity index (χ2n) is 8.85. The Hall–Kier alpha value is -2.93. The number of nitrogens with zero attached hydrogens (tertiary/aromatic N) is 5. The fourth-order valence-electron chi connectivity index (χ4n) is 3.96. The maximum atomic E-state index is 13.3. The van der Waals surface area contributed by atoms with E-state index in [1.807, 2.05) is 0 Å². The molecule has 0 saturated carbocycles. The Kier molecular flexibility index (Phi) is 5.25. The van der Waals surface area contributed by atoms with Crippen LogP contribution < -0.4 is 5.32 Å². The number of hydrogen-bond donors (Lipinski definition) is 1. The SMILES string of the molecule is Cc1cc(C(F)F)n2nc(C(=O)Nc3sc4c(c3C#N)CCC(C(C)(C)C)C4)nc2n1. The van der Waals surface area contributed by atoms with E-state index in [1.54, 1.807) is 6.92 Å². The number of nitrogens with one attached hydrogen (secondary N) is 1. The van der Waals surface area contributed by atoms with Crippen molar-refractivity contribution in [3.8, 4) is 6.07 Å². The highest BCUT2D eigenvalue weighted by atomic mass is 32.1. The van der Waals surface area contributed by atoms with E-state index in [4.69, 9.17) is 0 Å². The van der Waals surface area contributed by atoms with Gasteiger partial charge in [0.2, 0.25) is 5.82 Å². The summed E-state index contributed by atoms with van der Waals surface area (Å²) in [5, 5.41) is 16.8. The summed E-state index contributed by atoms with van der Waals surface area (Å²) in [4.78, 5) is 22.0. The van der Waals surface area contributed by atoms with E-state index in [0.29, 0.717) is 22.2 Å². The molecule has 4 rings (SSSR count). The lowest BCUT2D eigenvalue weighted by Gasteiger charge is -2.33. The quantitative estimate of drug-likeness (QED) is 0.631. The van der Waals surface area contributed by atoms with Crippen molar-refractivity contribution in [3.63, 3.8) is 0 Å². The number of halogens is 2. The van der Waals surface area contributed by atoms with Crippen LogP contribution in [0.4, 0.5) is 13.8 Å². The summed E-state index contributed by atoms with van der Waals surface area (Å²) in [6.07, 6.45) is -0.140. The fourth-order valence-corrected chi connectivity index (χ4v) is 5.23. The van der Waals surface area contributed by atoms with Gasteiger partial charge in [-0.2, -0.15) is 14.8 Å². The number of fused-ring (bicyclic) bond motifs is 2. The zero-order valence-corrected chi connectivity index (χ0v) is 18.5. The van der Waals surface area contributed by atoms with Crippen molar-refractivity contribution in [1.29, 1.82) is 5.26 Å². The average molecular weight is 445 g/mol. The summed E-state index contributed by atoms with van der Waals surface area (Å²) in [7, 11) is 0. The van der Waals surface area contributed by atoms with E-state index in [1.165, 1.54) is 17.4 Å². The van der Waals surface area contributed by atoms with Gasteiger partial charge in [-0.1, -0.05) is 20.8 Å². The number of aromatic nitrogens is 4. The second-order valence-corrected chi connectivity index (χ2v) is 9.96. The molecule has 1 aliphatic carbocycles. The third-order valence-corrected chi connectivity index (χ3v) is 6.89. The molecular weight excluding hydrogens is 422 g/mol. The largest absolute Gasteiger partial charge is 0.310 e. The number of hydrogen-bond acceptors (Lipinski definition) is 6. The Morgan fingerprint density at radius 3 is 2.77 bits per heavy atom. The molecule has 0 radical (unpaired) electrons. The van der Waals surface area contributed by atoms with Gasteiger partial charge < -0.3 is 5.32 Å². The number of anilines is 1. The van der Waals surface area contributed by atoms with E-state index in [9.17, 15) is 18.8 Å². The molecule has 3 aromatic rings. The van der Waals surface area contributed by atoms with Gasteiger partial charge in [0.15, 0.2) is 0 Å². The zero-order valence-electron chi connectivity index (χ0n) is 17.7. The molecule has 0 fully saturated rings. The highest BCUT2D eigenvalue weighted by Crippen LogP contribution is 2.44. The number of thiophene rings is 1. The first-order chi connectivity index (χ1) is 14.6. The van der Waals surface area contributed by atoms with Gasteiger partial charge in [-0.05, 0) is 49.1 Å². The van der Waals surface area contributed by atoms with Crippen LogP contribution in [0.1, 0.15) is 71.6 Å². The molecule has 10 heteroatoms. The minimum atomic E-state index is -2.79. The monoisotopic (exact) mass is 444 g/mol. The number of carbonyl (C=O) groups is 1. The van der Waals surface area contributed by atoms with Gasteiger partial charge in [0.05, 0.1) is 5.56 Å². The Balaban J connectivity index is 1.65. The molecule has 1 atom stereocenters. The van der Waals surface area contributed by atoms with Crippen molar-refractivity contribution in [1.82, 2.24) is 19.6 Å². The first-order valence-electron chi connectivity index (χ1n) is 9.97. The lowest BCUT2D eigenvalue weighted by molar-refractivity contribution is 0.101. The molecule has 0 aliphatic heterocycles. The minimum absolute atomic E-state index is 0.0700. The summed E-state index contributed by atoms with van der Waals surface area (Å²) in [6.45, 7) is 8.20. The number of alkyl halides is 2. The number of carbonyl (C=O) groups excluding carboxylic acids is 1. The van der Waals surface area contributed by atoms with Crippen molar-refractivity contribution >= 4 is 28.0 Å². The highest BCUT2D eigenvalue weighted by Gasteiger charge is 2.32. The van der Waals surface area contributed by atoms with E-state index >= 15 is 0 Å². The van der Waals surface area contributed by atoms with Crippen LogP contribution in [0.25, 0.3) is 5.78 Å². The minimum Gasteiger partial charge on any atom is -0.310 e. The molecule has 1 aliphatic rings. The second kappa shape index (κ2) is 7.64. The van der Waals surface area contributed by atoms with Gasteiger partial charge in [-0.15, -0.1) is 16.4 Å². The van der Waals surface area contributed by atoms with Gasteiger partial charge in [-0.25, -0.2) is 13.8 Å². The predicted octanol–water partition coefficient (Wildman–Crippen LogP) is 4.71. The van der Waals surface area contributed by atoms with Gasteiger partial charge >= 0.3 is 0 Å². The maximum Gasteiger partial charge on any atom is 0.296 e. The molecule has 1 N–H and O–H groups in total. The van der Waals surface area contributed by atoms with Crippen LogP contribution in [-0.4, -0.2) is 25.5 Å². The summed E-state index contributed by atoms with van der Waals surface area (Å²) in [6, 6.07) is 3.42. The van der Waals surface area contributed by atoms with Crippen LogP contribution in [0, 0.1) is 29.6 Å². The number of amides is 1. The maximum absolute atomic E-state index is 13.3. The third kappa shape index (κ3) is 3.90. The molecule has 0 bridgehead atoms. The number of aryl methyl sites for hydroxylation is 1. The van der Waals surface area contributed by atoms with E-state index in [0.717, 1.165) is 34.2 Å². The lowest BCUT2D eigenvalue weighted by atomic mass is 9.72. The molecule has 162 valence electrons. The number of nitriles is 1. The van der Waals surface area contributed by atoms with Crippen molar-refractivity contribution in [2.24, 2.45) is 11.3 Å². The van der Waals surface area contributed by atoms with Crippen molar-refractivity contribution in [3.05, 3.63) is 39.3 Å². The summed E-state index contributed by atoms with van der Waals surface area (Å²) < 4.78 is 27.5. The zero-order chi connectivity index (χ0) is 22.5.